The molecular weight excluding hydrogens is 256 g/mol. The Bertz CT molecular complexity index is 246. The van der Waals surface area contributed by atoms with Gasteiger partial charge in [-0.25, -0.2) is 4.79 Å². The number of hydrogen-bond acceptors (Lipinski definition) is 3. The van der Waals surface area contributed by atoms with E-state index in [2.05, 4.69) is 20.4 Å². The van der Waals surface area contributed by atoms with Gasteiger partial charge < -0.3 is 9.16 Å². The van der Waals surface area contributed by atoms with Crippen molar-refractivity contribution in [1.29, 1.82) is 0 Å². The van der Waals surface area contributed by atoms with Crippen molar-refractivity contribution < 1.29 is 14.0 Å². The lowest BCUT2D eigenvalue weighted by atomic mass is 10.4. The summed E-state index contributed by atoms with van der Waals surface area (Å²) in [6, 6.07) is 3.55. The van der Waals surface area contributed by atoms with Gasteiger partial charge in [-0.2, -0.15) is 0 Å². The molecule has 0 radical (unpaired) electrons. The van der Waals surface area contributed by atoms with Crippen molar-refractivity contribution in [2.45, 2.75) is 64.1 Å². The van der Waals surface area contributed by atoms with Gasteiger partial charge in [0.15, 0.2) is 8.32 Å². The van der Waals surface area contributed by atoms with E-state index in [0.717, 1.165) is 12.5 Å². The third-order valence-electron chi connectivity index (χ3n) is 3.59. The highest BCUT2D eigenvalue weighted by Gasteiger charge is 2.31. The Balaban J connectivity index is 4.21. The molecule has 112 valence electrons. The Labute approximate surface area is 119 Å². The Hall–Kier alpha value is -0.613. The van der Waals surface area contributed by atoms with Gasteiger partial charge in [0.25, 0.3) is 0 Å². The fourth-order valence-corrected chi connectivity index (χ4v) is 6.45. The predicted octanol–water partition coefficient (Wildman–Crippen LogP) is 4.30. The molecule has 0 aliphatic carbocycles. The molecule has 19 heavy (non-hydrogen) atoms. The Morgan fingerprint density at radius 2 is 1.63 bits per heavy atom. The van der Waals surface area contributed by atoms with E-state index in [1.54, 1.807) is 0 Å². The average molecular weight is 286 g/mol. The molecule has 0 aromatic rings. The number of carbonyl (C=O) groups is 1. The van der Waals surface area contributed by atoms with Gasteiger partial charge in [0, 0.05) is 13.2 Å². The summed E-state index contributed by atoms with van der Waals surface area (Å²) in [5, 5.41) is 0. The summed E-state index contributed by atoms with van der Waals surface area (Å²) in [7, 11) is 0.258. The SMILES string of the molecule is C=CC(=O)OCCC[Si](CCCC)(CCCC)OC. The zero-order valence-electron chi connectivity index (χ0n) is 12.9. The topological polar surface area (TPSA) is 35.5 Å². The maximum atomic E-state index is 11.0. The molecule has 0 aromatic heterocycles. The Kier molecular flexibility index (Phi) is 10.9. The van der Waals surface area contributed by atoms with E-state index in [9.17, 15) is 4.79 Å². The first-order valence-corrected chi connectivity index (χ1v) is 10.0. The van der Waals surface area contributed by atoms with Crippen LogP contribution in [0.3, 0.4) is 0 Å². The second-order valence-electron chi connectivity index (χ2n) is 5.07. The van der Waals surface area contributed by atoms with E-state index in [1.807, 2.05) is 7.11 Å². The van der Waals surface area contributed by atoms with Crippen molar-refractivity contribution in [2.24, 2.45) is 0 Å². The molecule has 0 bridgehead atoms. The summed E-state index contributed by atoms with van der Waals surface area (Å²) in [6.45, 7) is 8.33. The predicted molar refractivity (Wildman–Crippen MR) is 82.8 cm³/mol. The van der Waals surface area contributed by atoms with Gasteiger partial charge in [0.2, 0.25) is 0 Å². The molecule has 0 aliphatic rings. The molecule has 0 unspecified atom stereocenters. The van der Waals surface area contributed by atoms with Crippen LogP contribution in [-0.4, -0.2) is 28.0 Å². The van der Waals surface area contributed by atoms with Crippen molar-refractivity contribution in [3.05, 3.63) is 12.7 Å². The molecule has 0 saturated carbocycles. The van der Waals surface area contributed by atoms with Crippen LogP contribution >= 0.6 is 0 Å². The molecule has 0 heterocycles. The number of rotatable bonds is 12. The van der Waals surface area contributed by atoms with E-state index < -0.39 is 8.32 Å². The van der Waals surface area contributed by atoms with E-state index >= 15 is 0 Å². The molecule has 4 heteroatoms. The summed E-state index contributed by atoms with van der Waals surface area (Å²) in [6.07, 6.45) is 7.06. The van der Waals surface area contributed by atoms with Crippen LogP contribution in [0.15, 0.2) is 12.7 Å². The van der Waals surface area contributed by atoms with Crippen LogP contribution in [0.25, 0.3) is 0 Å². The molecule has 0 rings (SSSR count). The molecule has 0 spiro atoms. The Morgan fingerprint density at radius 3 is 2.05 bits per heavy atom. The third-order valence-corrected chi connectivity index (χ3v) is 8.25. The van der Waals surface area contributed by atoms with Crippen molar-refractivity contribution in [1.82, 2.24) is 0 Å². The molecule has 0 saturated heterocycles. The first kappa shape index (κ1) is 18.4. The summed E-state index contributed by atoms with van der Waals surface area (Å²) >= 11 is 0. The highest BCUT2D eigenvalue weighted by Crippen LogP contribution is 2.28. The summed E-state index contributed by atoms with van der Waals surface area (Å²) in [5.74, 6) is -0.327. The maximum Gasteiger partial charge on any atom is 0.330 e. The standard InChI is InChI=1S/C15H30O3Si/c1-5-8-12-19(17-4,13-9-6-2)14-10-11-18-15(16)7-3/h7H,3,5-6,8-14H2,1-2,4H3. The van der Waals surface area contributed by atoms with E-state index in [0.29, 0.717) is 6.61 Å². The first-order chi connectivity index (χ1) is 9.14. The van der Waals surface area contributed by atoms with Crippen LogP contribution in [0, 0.1) is 0 Å². The second kappa shape index (κ2) is 11.2. The van der Waals surface area contributed by atoms with E-state index in [-0.39, 0.29) is 5.97 Å². The van der Waals surface area contributed by atoms with Gasteiger partial charge in [-0.15, -0.1) is 0 Å². The normalized spacial score (nSPS) is 11.3. The third kappa shape index (κ3) is 8.21. The van der Waals surface area contributed by atoms with Crippen LogP contribution < -0.4 is 0 Å². The number of esters is 1. The number of unbranched alkanes of at least 4 members (excludes halogenated alkanes) is 2. The fourth-order valence-electron chi connectivity index (χ4n) is 2.31. The lowest BCUT2D eigenvalue weighted by Gasteiger charge is -2.30. The largest absolute Gasteiger partial charge is 0.463 e. The van der Waals surface area contributed by atoms with Crippen LogP contribution in [-0.2, 0) is 14.0 Å². The average Bonchev–Trinajstić information content (AvgIpc) is 2.45. The van der Waals surface area contributed by atoms with Crippen molar-refractivity contribution >= 4 is 14.3 Å². The lowest BCUT2D eigenvalue weighted by molar-refractivity contribution is -0.137. The van der Waals surface area contributed by atoms with Gasteiger partial charge in [0.1, 0.15) is 0 Å². The number of carbonyl (C=O) groups excluding carboxylic acids is 1. The molecule has 0 aliphatic heterocycles. The van der Waals surface area contributed by atoms with Crippen LogP contribution in [0.4, 0.5) is 0 Å². The molecule has 0 aromatic carbocycles. The van der Waals surface area contributed by atoms with Crippen LogP contribution in [0.5, 0.6) is 0 Å². The summed E-state index contributed by atoms with van der Waals surface area (Å²) in [4.78, 5) is 11.0. The highest BCUT2D eigenvalue weighted by molar-refractivity contribution is 6.73. The minimum atomic E-state index is -1.61. The number of hydrogen-bond donors (Lipinski definition) is 0. The Morgan fingerprint density at radius 1 is 1.11 bits per heavy atom. The maximum absolute atomic E-state index is 11.0. The zero-order valence-corrected chi connectivity index (χ0v) is 13.9. The van der Waals surface area contributed by atoms with Gasteiger partial charge in [-0.1, -0.05) is 46.1 Å². The van der Waals surface area contributed by atoms with Crippen molar-refractivity contribution in [2.75, 3.05) is 13.7 Å². The van der Waals surface area contributed by atoms with Crippen LogP contribution in [0.1, 0.15) is 46.0 Å². The highest BCUT2D eigenvalue weighted by atomic mass is 28.4. The number of ether oxygens (including phenoxy) is 1. The van der Waals surface area contributed by atoms with Gasteiger partial charge in [-0.3, -0.25) is 0 Å². The van der Waals surface area contributed by atoms with Gasteiger partial charge >= 0.3 is 5.97 Å². The fraction of sp³-hybridized carbons (Fsp3) is 0.800. The smallest absolute Gasteiger partial charge is 0.330 e. The first-order valence-electron chi connectivity index (χ1n) is 7.48. The quantitative estimate of drug-likeness (QED) is 0.232. The van der Waals surface area contributed by atoms with Crippen molar-refractivity contribution in [3.63, 3.8) is 0 Å². The molecule has 0 N–H and O–H groups in total. The monoisotopic (exact) mass is 286 g/mol. The molecule has 0 fully saturated rings. The van der Waals surface area contributed by atoms with E-state index in [1.165, 1.54) is 43.8 Å². The minimum absolute atomic E-state index is 0.327. The van der Waals surface area contributed by atoms with Crippen molar-refractivity contribution in [3.8, 4) is 0 Å². The molecular formula is C15H30O3Si. The summed E-state index contributed by atoms with van der Waals surface area (Å²) < 4.78 is 11.0. The lowest BCUT2D eigenvalue weighted by Crippen LogP contribution is -2.37. The van der Waals surface area contributed by atoms with E-state index in [4.69, 9.17) is 9.16 Å². The zero-order chi connectivity index (χ0) is 14.6. The summed E-state index contributed by atoms with van der Waals surface area (Å²) in [5.41, 5.74) is 0. The molecule has 0 amide bonds. The molecule has 3 nitrogen and oxygen atoms in total. The molecule has 0 atom stereocenters. The van der Waals surface area contributed by atoms with Crippen LogP contribution in [0.2, 0.25) is 18.1 Å². The minimum Gasteiger partial charge on any atom is -0.463 e. The van der Waals surface area contributed by atoms with Gasteiger partial charge in [0.05, 0.1) is 6.61 Å². The van der Waals surface area contributed by atoms with Gasteiger partial charge in [-0.05, 0) is 24.6 Å². The second-order valence-corrected chi connectivity index (χ2v) is 9.34.